The van der Waals surface area contributed by atoms with Gasteiger partial charge in [0.05, 0.1) is 58.7 Å². The molecule has 4 aromatic rings. The first-order valence-electron chi connectivity index (χ1n) is 20.0. The van der Waals surface area contributed by atoms with Gasteiger partial charge in [0.1, 0.15) is 5.54 Å². The van der Waals surface area contributed by atoms with Crippen molar-refractivity contribution in [2.75, 3.05) is 58.9 Å². The Hall–Kier alpha value is -6.13. The maximum Gasteiger partial charge on any atom is 0.417 e. The van der Waals surface area contributed by atoms with Crippen molar-refractivity contribution in [2.45, 2.75) is 70.1 Å². The molecule has 6 heterocycles. The lowest BCUT2D eigenvalue weighted by Crippen LogP contribution is -2.49. The van der Waals surface area contributed by atoms with Gasteiger partial charge < -0.3 is 19.8 Å². The van der Waals surface area contributed by atoms with Gasteiger partial charge in [0.25, 0.3) is 12.4 Å². The predicted molar refractivity (Wildman–Crippen MR) is 225 cm³/mol. The molecule has 0 unspecified atom stereocenters. The van der Waals surface area contributed by atoms with Gasteiger partial charge in [-0.25, -0.2) is 4.79 Å². The number of piperidine rings is 2. The number of nitriles is 1. The fourth-order valence-electron chi connectivity index (χ4n) is 8.75. The van der Waals surface area contributed by atoms with E-state index in [9.17, 15) is 32.8 Å². The molecule has 0 aliphatic carbocycles. The van der Waals surface area contributed by atoms with Crippen molar-refractivity contribution in [3.63, 3.8) is 0 Å². The number of thiocarbonyl (C=S) groups is 1. The SMILES string of the molecule is CC1(C)C(=O)N(c2ccc(C#N)c(C(F)(F)F)c2)C(=S)N1c1ccc(N2CCC(CCN3CCC(n4ncc5c(N6CCC(=O)NC6=O)cncc54)CC3)CC2)cc1.O=CO. The van der Waals surface area contributed by atoms with Gasteiger partial charge >= 0.3 is 12.2 Å². The van der Waals surface area contributed by atoms with E-state index in [1.807, 2.05) is 28.9 Å². The monoisotopic (exact) mass is 858 g/mol. The number of carboxylic acid groups (broad SMARTS) is 1. The van der Waals surface area contributed by atoms with Crippen molar-refractivity contribution >= 4 is 75.3 Å². The van der Waals surface area contributed by atoms with Crippen LogP contribution in [0.3, 0.4) is 0 Å². The van der Waals surface area contributed by atoms with Crippen molar-refractivity contribution in [1.29, 1.82) is 5.26 Å². The molecule has 8 rings (SSSR count). The number of likely N-dealkylation sites (tertiary alicyclic amines) is 1. The normalized spacial score (nSPS) is 19.2. The van der Waals surface area contributed by atoms with Gasteiger partial charge in [-0.05, 0) is 113 Å². The average molecular weight is 859 g/mol. The topological polar surface area (TPSA) is 171 Å². The number of aromatic nitrogens is 3. The van der Waals surface area contributed by atoms with Crippen molar-refractivity contribution < 1.29 is 37.5 Å². The molecule has 4 amide bonds. The fourth-order valence-corrected chi connectivity index (χ4v) is 9.27. The minimum atomic E-state index is -4.77. The molecule has 0 saturated carbocycles. The molecule has 61 heavy (non-hydrogen) atoms. The molecule has 0 spiro atoms. The second-order valence-corrected chi connectivity index (χ2v) is 16.4. The van der Waals surface area contributed by atoms with Crippen molar-refractivity contribution in [2.24, 2.45) is 5.92 Å². The highest BCUT2D eigenvalue weighted by atomic mass is 32.1. The lowest BCUT2D eigenvalue weighted by atomic mass is 9.92. The number of nitrogens with zero attached hydrogens (tertiary/aromatic N) is 9. The number of carbonyl (C=O) groups is 4. The van der Waals surface area contributed by atoms with E-state index in [4.69, 9.17) is 27.2 Å². The van der Waals surface area contributed by atoms with E-state index in [-0.39, 0.29) is 35.6 Å². The van der Waals surface area contributed by atoms with E-state index in [0.29, 0.717) is 23.8 Å². The lowest BCUT2D eigenvalue weighted by Gasteiger charge is -2.36. The molecule has 19 heteroatoms. The summed E-state index contributed by atoms with van der Waals surface area (Å²) in [7, 11) is 0. The molecule has 15 nitrogen and oxygen atoms in total. The first-order chi connectivity index (χ1) is 29.2. The van der Waals surface area contributed by atoms with Crippen molar-refractivity contribution in [3.8, 4) is 6.07 Å². The highest BCUT2D eigenvalue weighted by Crippen LogP contribution is 2.40. The third-order valence-corrected chi connectivity index (χ3v) is 12.4. The third-order valence-electron chi connectivity index (χ3n) is 12.0. The van der Waals surface area contributed by atoms with Crippen LogP contribution in [0.1, 0.15) is 69.5 Å². The number of rotatable bonds is 8. The summed E-state index contributed by atoms with van der Waals surface area (Å²) < 4.78 is 43.3. The summed E-state index contributed by atoms with van der Waals surface area (Å²) >= 11 is 5.71. The number of amides is 4. The number of hydrogen-bond donors (Lipinski definition) is 2. The molecule has 0 radical (unpaired) electrons. The number of anilines is 4. The Morgan fingerprint density at radius 3 is 2.25 bits per heavy atom. The van der Waals surface area contributed by atoms with Crippen LogP contribution in [-0.4, -0.2) is 99.0 Å². The van der Waals surface area contributed by atoms with Crippen LogP contribution in [0, 0.1) is 17.2 Å². The number of benzene rings is 2. The summed E-state index contributed by atoms with van der Waals surface area (Å²) in [6.07, 6.45) is 5.94. The number of fused-ring (bicyclic) bond motifs is 1. The van der Waals surface area contributed by atoms with Gasteiger partial charge in [0, 0.05) is 55.9 Å². The zero-order valence-corrected chi connectivity index (χ0v) is 34.5. The first kappa shape index (κ1) is 43.0. The number of nitrogens with one attached hydrogen (secondary N) is 1. The van der Waals surface area contributed by atoms with Crippen LogP contribution in [0.15, 0.2) is 61.1 Å². The number of urea groups is 1. The Labute approximate surface area is 355 Å². The highest BCUT2D eigenvalue weighted by molar-refractivity contribution is 7.81. The van der Waals surface area contributed by atoms with Crippen molar-refractivity contribution in [1.82, 2.24) is 25.0 Å². The Morgan fingerprint density at radius 1 is 0.951 bits per heavy atom. The molecule has 0 atom stereocenters. The zero-order chi connectivity index (χ0) is 43.6. The summed E-state index contributed by atoms with van der Waals surface area (Å²) in [5.41, 5.74) is 0.421. The smallest absolute Gasteiger partial charge is 0.417 e. The Bertz CT molecular complexity index is 2370. The summed E-state index contributed by atoms with van der Waals surface area (Å²) in [6.45, 7) is 8.28. The van der Waals surface area contributed by atoms with E-state index in [1.165, 1.54) is 6.07 Å². The molecule has 4 aliphatic rings. The van der Waals surface area contributed by atoms with E-state index in [1.54, 1.807) is 48.3 Å². The van der Waals surface area contributed by atoms with E-state index < -0.39 is 34.8 Å². The van der Waals surface area contributed by atoms with Gasteiger partial charge in [-0.2, -0.15) is 23.5 Å². The average Bonchev–Trinajstić information content (AvgIpc) is 3.75. The summed E-state index contributed by atoms with van der Waals surface area (Å²) in [6, 6.07) is 12.4. The molecule has 320 valence electrons. The standard InChI is InChI=1S/C41H43F3N10O3S.CH2O2/c1-40(2)37(56)52(31-4-3-27(22-45)33(21-31)41(42,43)44)39(58)53(40)29-7-5-28(6-8-29)50-18-10-26(11-19-50)9-15-49-16-12-30(13-17-49)54-35-25-46-24-34(32(35)23-47-54)51-20-14-36(55)48-38(51)57;2-1-3/h3-8,21,23-26,30H,9-20H2,1-2H3,(H,48,55,57);1H,(H,2,3). The van der Waals surface area contributed by atoms with Crippen LogP contribution in [0.25, 0.3) is 10.9 Å². The first-order valence-corrected chi connectivity index (χ1v) is 20.4. The second-order valence-electron chi connectivity index (χ2n) is 16.0. The number of imide groups is 1. The van der Waals surface area contributed by atoms with Gasteiger partial charge in [-0.1, -0.05) is 0 Å². The summed E-state index contributed by atoms with van der Waals surface area (Å²) in [5, 5.41) is 24.1. The molecule has 0 bridgehead atoms. The molecule has 2 N–H and O–H groups in total. The molecular weight excluding hydrogens is 814 g/mol. The third kappa shape index (κ3) is 8.59. The molecule has 4 fully saturated rings. The molecule has 4 saturated heterocycles. The molecular formula is C42H45F3N10O5S. The van der Waals surface area contributed by atoms with Crippen LogP contribution < -0.4 is 24.9 Å². The van der Waals surface area contributed by atoms with Gasteiger partial charge in [-0.3, -0.25) is 39.2 Å². The van der Waals surface area contributed by atoms with E-state index in [2.05, 4.69) is 20.1 Å². The number of carbonyl (C=O) groups excluding carboxylic acids is 3. The lowest BCUT2D eigenvalue weighted by molar-refractivity contribution is -0.137. The zero-order valence-electron chi connectivity index (χ0n) is 33.6. The van der Waals surface area contributed by atoms with Gasteiger partial charge in [-0.15, -0.1) is 0 Å². The molecule has 4 aliphatic heterocycles. The Balaban J connectivity index is 0.00000182. The van der Waals surface area contributed by atoms with Crippen LogP contribution >= 0.6 is 12.2 Å². The van der Waals surface area contributed by atoms with Gasteiger partial charge in [0.15, 0.2) is 5.11 Å². The maximum absolute atomic E-state index is 13.7. The fraction of sp³-hybridized carbons (Fsp3) is 0.429. The summed E-state index contributed by atoms with van der Waals surface area (Å²) in [4.78, 5) is 59.8. The number of hydrogen-bond acceptors (Lipinski definition) is 10. The predicted octanol–water partition coefficient (Wildman–Crippen LogP) is 6.33. The number of alkyl halides is 3. The van der Waals surface area contributed by atoms with Crippen LogP contribution in [0.2, 0.25) is 0 Å². The minimum Gasteiger partial charge on any atom is -0.483 e. The Kier molecular flexibility index (Phi) is 12.3. The number of halogens is 3. The summed E-state index contributed by atoms with van der Waals surface area (Å²) in [5.74, 6) is -0.116. The van der Waals surface area contributed by atoms with Crippen LogP contribution in [0.5, 0.6) is 0 Å². The van der Waals surface area contributed by atoms with Crippen LogP contribution in [0.4, 0.5) is 40.7 Å². The largest absolute Gasteiger partial charge is 0.483 e. The van der Waals surface area contributed by atoms with E-state index >= 15 is 0 Å². The second kappa shape index (κ2) is 17.5. The quantitative estimate of drug-likeness (QED) is 0.149. The van der Waals surface area contributed by atoms with Crippen LogP contribution in [-0.2, 0) is 20.6 Å². The minimum absolute atomic E-state index is 0.0382. The molecule has 2 aromatic carbocycles. The van der Waals surface area contributed by atoms with Gasteiger partial charge in [0.2, 0.25) is 5.91 Å². The van der Waals surface area contributed by atoms with E-state index in [0.717, 1.165) is 98.5 Å². The Morgan fingerprint density at radius 2 is 1.61 bits per heavy atom. The molecule has 2 aromatic heterocycles. The number of pyridine rings is 1. The maximum atomic E-state index is 13.7. The van der Waals surface area contributed by atoms with Crippen molar-refractivity contribution in [3.05, 3.63) is 72.2 Å². The highest BCUT2D eigenvalue weighted by Gasteiger charge is 2.51.